The van der Waals surface area contributed by atoms with Crippen molar-refractivity contribution in [2.24, 2.45) is 5.92 Å². The fraction of sp³-hybridized carbons (Fsp3) is 0.364. The number of carbonyl (C=O) groups excluding carboxylic acids is 1. The molecule has 0 aromatic heterocycles. The number of aryl methyl sites for hydroxylation is 1. The van der Waals surface area contributed by atoms with Crippen LogP contribution in [0.4, 0.5) is 5.69 Å². The van der Waals surface area contributed by atoms with Gasteiger partial charge in [-0.2, -0.15) is 0 Å². The van der Waals surface area contributed by atoms with Gasteiger partial charge in [0, 0.05) is 37.9 Å². The molecule has 0 saturated carbocycles. The van der Waals surface area contributed by atoms with Crippen molar-refractivity contribution in [3.8, 4) is 0 Å². The van der Waals surface area contributed by atoms with E-state index in [-0.39, 0.29) is 11.8 Å². The molecule has 0 unspecified atom stereocenters. The number of benzene rings is 2. The smallest absolute Gasteiger partial charge is 0.306 e. The summed E-state index contributed by atoms with van der Waals surface area (Å²) in [6.07, 6.45) is 1.34. The topological polar surface area (TPSA) is 60.9 Å². The zero-order valence-corrected chi connectivity index (χ0v) is 15.9. The van der Waals surface area contributed by atoms with Crippen molar-refractivity contribution in [3.05, 3.63) is 65.2 Å². The lowest BCUT2D eigenvalue weighted by Crippen LogP contribution is -2.36. The van der Waals surface area contributed by atoms with Crippen molar-refractivity contribution in [3.63, 3.8) is 0 Å². The van der Waals surface area contributed by atoms with Crippen molar-refractivity contribution < 1.29 is 14.7 Å². The fourth-order valence-corrected chi connectivity index (χ4v) is 3.50. The number of piperidine rings is 1. The van der Waals surface area contributed by atoms with Crippen molar-refractivity contribution in [2.45, 2.75) is 26.3 Å². The predicted molar refractivity (Wildman–Crippen MR) is 106 cm³/mol. The minimum absolute atomic E-state index is 0.00248. The second kappa shape index (κ2) is 8.25. The number of carboxylic acid groups (broad SMARTS) is 1. The molecular formula is C22H26N2O3. The van der Waals surface area contributed by atoms with Crippen molar-refractivity contribution in [1.29, 1.82) is 0 Å². The lowest BCUT2D eigenvalue weighted by Gasteiger charge is -2.32. The third-order valence-corrected chi connectivity index (χ3v) is 5.18. The third kappa shape index (κ3) is 4.67. The van der Waals surface area contributed by atoms with Crippen LogP contribution in [0.25, 0.3) is 0 Å². The van der Waals surface area contributed by atoms with Gasteiger partial charge in [0.1, 0.15) is 0 Å². The van der Waals surface area contributed by atoms with Gasteiger partial charge in [0.05, 0.1) is 5.92 Å². The SMILES string of the molecule is Cc1ccc(C(=O)N(C)Cc2cccc(N3CCC(C(=O)O)CC3)c2)cc1. The van der Waals surface area contributed by atoms with Gasteiger partial charge in [-0.1, -0.05) is 29.8 Å². The summed E-state index contributed by atoms with van der Waals surface area (Å²) in [6, 6.07) is 15.8. The average Bonchev–Trinajstić information content (AvgIpc) is 2.68. The summed E-state index contributed by atoms with van der Waals surface area (Å²) in [4.78, 5) is 27.7. The first-order valence-electron chi connectivity index (χ1n) is 9.33. The Bertz CT molecular complexity index is 809. The Labute approximate surface area is 160 Å². The summed E-state index contributed by atoms with van der Waals surface area (Å²) in [5, 5.41) is 9.14. The summed E-state index contributed by atoms with van der Waals surface area (Å²) in [5.74, 6) is -0.926. The molecule has 5 nitrogen and oxygen atoms in total. The number of carboxylic acids is 1. The molecule has 0 radical (unpaired) electrons. The normalized spacial score (nSPS) is 14.8. The van der Waals surface area contributed by atoms with Crippen LogP contribution in [-0.4, -0.2) is 42.0 Å². The Morgan fingerprint density at radius 1 is 1.11 bits per heavy atom. The van der Waals surface area contributed by atoms with Crippen LogP contribution in [0.1, 0.15) is 34.3 Å². The molecule has 5 heteroatoms. The number of anilines is 1. The first-order chi connectivity index (χ1) is 12.9. The standard InChI is InChI=1S/C22H26N2O3/c1-16-6-8-18(9-7-16)21(25)23(2)15-17-4-3-5-20(14-17)24-12-10-19(11-13-24)22(26)27/h3-9,14,19H,10-13,15H2,1-2H3,(H,26,27). The van der Waals surface area contributed by atoms with E-state index in [0.717, 1.165) is 29.9 Å². The van der Waals surface area contributed by atoms with E-state index in [2.05, 4.69) is 11.0 Å². The Morgan fingerprint density at radius 3 is 2.41 bits per heavy atom. The van der Waals surface area contributed by atoms with Crippen LogP contribution in [0.15, 0.2) is 48.5 Å². The number of hydrogen-bond donors (Lipinski definition) is 1. The van der Waals surface area contributed by atoms with Crippen LogP contribution in [0.5, 0.6) is 0 Å². The van der Waals surface area contributed by atoms with E-state index in [4.69, 9.17) is 5.11 Å². The highest BCUT2D eigenvalue weighted by Gasteiger charge is 2.24. The van der Waals surface area contributed by atoms with Crippen molar-refractivity contribution in [1.82, 2.24) is 4.90 Å². The first-order valence-corrected chi connectivity index (χ1v) is 9.33. The molecule has 1 aliphatic rings. The van der Waals surface area contributed by atoms with Crippen LogP contribution >= 0.6 is 0 Å². The van der Waals surface area contributed by atoms with E-state index in [1.807, 2.05) is 56.4 Å². The molecule has 142 valence electrons. The second-order valence-corrected chi connectivity index (χ2v) is 7.30. The number of aliphatic carboxylic acids is 1. The summed E-state index contributed by atoms with van der Waals surface area (Å²) in [7, 11) is 1.81. The number of rotatable bonds is 5. The Balaban J connectivity index is 1.64. The predicted octanol–water partition coefficient (Wildman–Crippen LogP) is 3.57. The molecule has 1 fully saturated rings. The fourth-order valence-electron chi connectivity index (χ4n) is 3.50. The number of amides is 1. The van der Waals surface area contributed by atoms with Gasteiger partial charge in [0.25, 0.3) is 5.91 Å². The maximum Gasteiger partial charge on any atom is 0.306 e. The zero-order valence-electron chi connectivity index (χ0n) is 15.9. The first kappa shape index (κ1) is 19.0. The van der Waals surface area contributed by atoms with Gasteiger partial charge < -0.3 is 14.9 Å². The zero-order chi connectivity index (χ0) is 19.4. The van der Waals surface area contributed by atoms with Crippen LogP contribution in [0.2, 0.25) is 0 Å². The van der Waals surface area contributed by atoms with Gasteiger partial charge in [-0.05, 0) is 49.6 Å². The molecule has 3 rings (SSSR count). The largest absolute Gasteiger partial charge is 0.481 e. The highest BCUT2D eigenvalue weighted by atomic mass is 16.4. The summed E-state index contributed by atoms with van der Waals surface area (Å²) < 4.78 is 0. The quantitative estimate of drug-likeness (QED) is 0.879. The van der Waals surface area contributed by atoms with Crippen LogP contribution < -0.4 is 4.90 Å². The second-order valence-electron chi connectivity index (χ2n) is 7.30. The molecule has 27 heavy (non-hydrogen) atoms. The third-order valence-electron chi connectivity index (χ3n) is 5.18. The molecule has 2 aromatic rings. The average molecular weight is 366 g/mol. The van der Waals surface area contributed by atoms with E-state index < -0.39 is 5.97 Å². The molecule has 2 aromatic carbocycles. The number of carbonyl (C=O) groups is 2. The number of hydrogen-bond acceptors (Lipinski definition) is 3. The molecule has 0 spiro atoms. The summed E-state index contributed by atoms with van der Waals surface area (Å²) in [6.45, 7) is 4.03. The summed E-state index contributed by atoms with van der Waals surface area (Å²) >= 11 is 0. The highest BCUT2D eigenvalue weighted by Crippen LogP contribution is 2.24. The lowest BCUT2D eigenvalue weighted by molar-refractivity contribution is -0.142. The van der Waals surface area contributed by atoms with Gasteiger partial charge in [-0.25, -0.2) is 0 Å². The minimum atomic E-state index is -0.695. The van der Waals surface area contributed by atoms with E-state index >= 15 is 0 Å². The maximum atomic E-state index is 12.6. The Kier molecular flexibility index (Phi) is 5.79. The van der Waals surface area contributed by atoms with Crippen LogP contribution in [-0.2, 0) is 11.3 Å². The van der Waals surface area contributed by atoms with E-state index in [9.17, 15) is 9.59 Å². The van der Waals surface area contributed by atoms with E-state index in [1.165, 1.54) is 0 Å². The molecule has 1 saturated heterocycles. The molecule has 0 atom stereocenters. The molecule has 0 bridgehead atoms. The van der Waals surface area contributed by atoms with Gasteiger partial charge in [-0.15, -0.1) is 0 Å². The molecule has 0 aliphatic carbocycles. The molecule has 1 heterocycles. The summed E-state index contributed by atoms with van der Waals surface area (Å²) in [5.41, 5.74) is 3.98. The molecule has 1 aliphatic heterocycles. The Hall–Kier alpha value is -2.82. The van der Waals surface area contributed by atoms with Gasteiger partial charge >= 0.3 is 5.97 Å². The minimum Gasteiger partial charge on any atom is -0.481 e. The van der Waals surface area contributed by atoms with E-state index in [1.54, 1.807) is 4.90 Å². The molecular weight excluding hydrogens is 340 g/mol. The lowest BCUT2D eigenvalue weighted by atomic mass is 9.96. The van der Waals surface area contributed by atoms with Gasteiger partial charge in [0.15, 0.2) is 0 Å². The van der Waals surface area contributed by atoms with Crippen molar-refractivity contribution in [2.75, 3.05) is 25.0 Å². The Morgan fingerprint density at radius 2 is 1.78 bits per heavy atom. The van der Waals surface area contributed by atoms with E-state index in [0.29, 0.717) is 24.9 Å². The monoisotopic (exact) mass is 366 g/mol. The molecule has 1 N–H and O–H groups in total. The molecule has 1 amide bonds. The van der Waals surface area contributed by atoms with Crippen molar-refractivity contribution >= 4 is 17.6 Å². The van der Waals surface area contributed by atoms with Crippen LogP contribution in [0.3, 0.4) is 0 Å². The van der Waals surface area contributed by atoms with Crippen LogP contribution in [0, 0.1) is 12.8 Å². The maximum absolute atomic E-state index is 12.6. The van der Waals surface area contributed by atoms with Gasteiger partial charge in [-0.3, -0.25) is 9.59 Å². The van der Waals surface area contributed by atoms with Gasteiger partial charge in [0.2, 0.25) is 0 Å². The highest BCUT2D eigenvalue weighted by molar-refractivity contribution is 5.94. The number of nitrogens with zero attached hydrogens (tertiary/aromatic N) is 2.